The van der Waals surface area contributed by atoms with Gasteiger partial charge in [0, 0.05) is 12.6 Å². The monoisotopic (exact) mass is 184 g/mol. The molecule has 0 saturated heterocycles. The molecule has 3 heteroatoms. The molecule has 0 bridgehead atoms. The minimum absolute atomic E-state index is 0.0967. The number of carbonyl (C=O) groups excluding carboxylic acids is 1. The van der Waals surface area contributed by atoms with E-state index in [1.807, 2.05) is 14.1 Å². The largest absolute Gasteiger partial charge is 0.348 e. The summed E-state index contributed by atoms with van der Waals surface area (Å²) in [5, 5.41) is 2.90. The van der Waals surface area contributed by atoms with Gasteiger partial charge in [0.05, 0.1) is 0 Å². The molecule has 0 aromatic rings. The van der Waals surface area contributed by atoms with Gasteiger partial charge in [-0.05, 0) is 26.1 Å². The quantitative estimate of drug-likeness (QED) is 0.643. The van der Waals surface area contributed by atoms with Gasteiger partial charge in [-0.2, -0.15) is 0 Å². The third-order valence-corrected chi connectivity index (χ3v) is 1.88. The van der Waals surface area contributed by atoms with Crippen molar-refractivity contribution in [1.29, 1.82) is 0 Å². The number of likely N-dealkylation sites (N-methyl/N-ethyl adjacent to an activating group) is 1. The molecular formula is C10H20N2O. The van der Waals surface area contributed by atoms with Crippen molar-refractivity contribution in [1.82, 2.24) is 10.2 Å². The second kappa shape index (κ2) is 5.75. The van der Waals surface area contributed by atoms with Gasteiger partial charge in [-0.15, -0.1) is 0 Å². The van der Waals surface area contributed by atoms with E-state index in [4.69, 9.17) is 0 Å². The molecule has 1 unspecified atom stereocenters. The molecule has 0 aromatic carbocycles. The van der Waals surface area contributed by atoms with Gasteiger partial charge in [0.25, 0.3) is 0 Å². The van der Waals surface area contributed by atoms with Crippen molar-refractivity contribution >= 4 is 5.91 Å². The van der Waals surface area contributed by atoms with Crippen molar-refractivity contribution in [2.24, 2.45) is 5.92 Å². The summed E-state index contributed by atoms with van der Waals surface area (Å²) in [5.74, 6) is 0.340. The highest BCUT2D eigenvalue weighted by molar-refractivity contribution is 5.87. The molecule has 0 aromatic heterocycles. The van der Waals surface area contributed by atoms with Crippen LogP contribution in [-0.2, 0) is 4.79 Å². The van der Waals surface area contributed by atoms with Gasteiger partial charge < -0.3 is 10.2 Å². The Kier molecular flexibility index (Phi) is 5.39. The minimum atomic E-state index is -0.0967. The predicted octanol–water partition coefficient (Wildman–Crippen LogP) is 0.875. The van der Waals surface area contributed by atoms with Crippen molar-refractivity contribution in [3.63, 3.8) is 0 Å². The first-order chi connectivity index (χ1) is 5.97. The van der Waals surface area contributed by atoms with Gasteiger partial charge >= 0.3 is 0 Å². The van der Waals surface area contributed by atoms with Gasteiger partial charge in [-0.1, -0.05) is 20.4 Å². The third-order valence-electron chi connectivity index (χ3n) is 1.88. The van der Waals surface area contributed by atoms with Crippen molar-refractivity contribution in [2.75, 3.05) is 20.6 Å². The summed E-state index contributed by atoms with van der Waals surface area (Å²) in [4.78, 5) is 13.1. The Morgan fingerprint density at radius 2 is 2.08 bits per heavy atom. The highest BCUT2D eigenvalue weighted by Crippen LogP contribution is 2.02. The molecule has 0 heterocycles. The van der Waals surface area contributed by atoms with Gasteiger partial charge in [-0.3, -0.25) is 4.79 Å². The molecule has 0 saturated carbocycles. The molecule has 0 aliphatic heterocycles. The highest BCUT2D eigenvalue weighted by Gasteiger charge is 2.15. The lowest BCUT2D eigenvalue weighted by atomic mass is 10.0. The number of hydrogen-bond acceptors (Lipinski definition) is 2. The molecule has 0 radical (unpaired) electrons. The Hall–Kier alpha value is -0.830. The molecule has 0 rings (SSSR count). The summed E-state index contributed by atoms with van der Waals surface area (Å²) in [7, 11) is 3.99. The number of amides is 1. The lowest BCUT2D eigenvalue weighted by Crippen LogP contribution is -2.44. The van der Waals surface area contributed by atoms with E-state index in [-0.39, 0.29) is 11.9 Å². The summed E-state index contributed by atoms with van der Waals surface area (Å²) >= 11 is 0. The standard InChI is InChI=1S/C10H20N2O/c1-6-10(13)11-9(8(2)3)7-12(4)5/h6,8-9H,1,7H2,2-5H3,(H,11,13). The van der Waals surface area contributed by atoms with Crippen LogP contribution in [0.1, 0.15) is 13.8 Å². The van der Waals surface area contributed by atoms with E-state index in [0.29, 0.717) is 5.92 Å². The fourth-order valence-corrected chi connectivity index (χ4v) is 1.06. The molecule has 3 nitrogen and oxygen atoms in total. The van der Waals surface area contributed by atoms with Gasteiger partial charge in [0.2, 0.25) is 5.91 Å². The molecule has 0 aliphatic carbocycles. The van der Waals surface area contributed by atoms with Crippen LogP contribution >= 0.6 is 0 Å². The van der Waals surface area contributed by atoms with Crippen LogP contribution < -0.4 is 5.32 Å². The molecule has 1 amide bonds. The zero-order chi connectivity index (χ0) is 10.4. The second-order valence-corrected chi connectivity index (χ2v) is 3.83. The van der Waals surface area contributed by atoms with E-state index in [1.54, 1.807) is 0 Å². The maximum Gasteiger partial charge on any atom is 0.243 e. The van der Waals surface area contributed by atoms with E-state index in [1.165, 1.54) is 6.08 Å². The maximum atomic E-state index is 11.1. The summed E-state index contributed by atoms with van der Waals surface area (Å²) in [6.07, 6.45) is 1.31. The molecule has 0 spiro atoms. The zero-order valence-corrected chi connectivity index (χ0v) is 9.00. The number of carbonyl (C=O) groups is 1. The molecule has 0 fully saturated rings. The van der Waals surface area contributed by atoms with Crippen LogP contribution in [0.3, 0.4) is 0 Å². The second-order valence-electron chi connectivity index (χ2n) is 3.83. The van der Waals surface area contributed by atoms with Crippen LogP contribution in [0, 0.1) is 5.92 Å². The van der Waals surface area contributed by atoms with Crippen LogP contribution in [0.15, 0.2) is 12.7 Å². The number of rotatable bonds is 5. The van der Waals surface area contributed by atoms with Crippen molar-refractivity contribution in [3.8, 4) is 0 Å². The van der Waals surface area contributed by atoms with Gasteiger partial charge in [-0.25, -0.2) is 0 Å². The van der Waals surface area contributed by atoms with E-state index < -0.39 is 0 Å². The lowest BCUT2D eigenvalue weighted by Gasteiger charge is -2.24. The van der Waals surface area contributed by atoms with Crippen LogP contribution in [0.25, 0.3) is 0 Å². The average molecular weight is 184 g/mol. The number of nitrogens with one attached hydrogen (secondary N) is 1. The zero-order valence-electron chi connectivity index (χ0n) is 9.00. The summed E-state index contributed by atoms with van der Waals surface area (Å²) in [6, 6.07) is 0.195. The fraction of sp³-hybridized carbons (Fsp3) is 0.700. The van der Waals surface area contributed by atoms with E-state index in [0.717, 1.165) is 6.54 Å². The van der Waals surface area contributed by atoms with E-state index in [9.17, 15) is 4.79 Å². The Labute approximate surface area is 80.8 Å². The fourth-order valence-electron chi connectivity index (χ4n) is 1.06. The number of hydrogen-bond donors (Lipinski definition) is 1. The van der Waals surface area contributed by atoms with Crippen molar-refractivity contribution in [3.05, 3.63) is 12.7 Å². The predicted molar refractivity (Wildman–Crippen MR) is 55.5 cm³/mol. The summed E-state index contributed by atoms with van der Waals surface area (Å²) in [6.45, 7) is 8.47. The Balaban J connectivity index is 4.09. The first-order valence-corrected chi connectivity index (χ1v) is 4.55. The molecular weight excluding hydrogens is 164 g/mol. The topological polar surface area (TPSA) is 32.3 Å². The van der Waals surface area contributed by atoms with E-state index in [2.05, 4.69) is 30.6 Å². The van der Waals surface area contributed by atoms with Crippen molar-refractivity contribution < 1.29 is 4.79 Å². The average Bonchev–Trinajstić information content (AvgIpc) is 2.02. The SMILES string of the molecule is C=CC(=O)NC(CN(C)C)C(C)C. The molecule has 76 valence electrons. The van der Waals surface area contributed by atoms with Crippen LogP contribution in [0.4, 0.5) is 0 Å². The Morgan fingerprint density at radius 3 is 2.38 bits per heavy atom. The minimum Gasteiger partial charge on any atom is -0.348 e. The highest BCUT2D eigenvalue weighted by atomic mass is 16.1. The molecule has 1 atom stereocenters. The first kappa shape index (κ1) is 12.2. The lowest BCUT2D eigenvalue weighted by molar-refractivity contribution is -0.117. The summed E-state index contributed by atoms with van der Waals surface area (Å²) in [5.41, 5.74) is 0. The van der Waals surface area contributed by atoms with Gasteiger partial charge in [0.1, 0.15) is 0 Å². The normalized spacial score (nSPS) is 13.1. The summed E-state index contributed by atoms with van der Waals surface area (Å²) < 4.78 is 0. The molecule has 1 N–H and O–H groups in total. The smallest absolute Gasteiger partial charge is 0.243 e. The number of nitrogens with zero attached hydrogens (tertiary/aromatic N) is 1. The first-order valence-electron chi connectivity index (χ1n) is 4.55. The van der Waals surface area contributed by atoms with E-state index >= 15 is 0 Å². The molecule has 0 aliphatic rings. The van der Waals surface area contributed by atoms with Crippen LogP contribution in [0.2, 0.25) is 0 Å². The van der Waals surface area contributed by atoms with Crippen LogP contribution in [0.5, 0.6) is 0 Å². The Bertz CT molecular complexity index is 176. The van der Waals surface area contributed by atoms with Crippen LogP contribution in [-0.4, -0.2) is 37.5 Å². The molecule has 13 heavy (non-hydrogen) atoms. The van der Waals surface area contributed by atoms with Crippen molar-refractivity contribution in [2.45, 2.75) is 19.9 Å². The van der Waals surface area contributed by atoms with Gasteiger partial charge in [0.15, 0.2) is 0 Å². The maximum absolute atomic E-state index is 11.1. The Morgan fingerprint density at radius 1 is 1.54 bits per heavy atom. The third kappa shape index (κ3) is 5.42.